The van der Waals surface area contributed by atoms with Crippen LogP contribution in [-0.2, 0) is 9.59 Å². The summed E-state index contributed by atoms with van der Waals surface area (Å²) in [7, 11) is 1.52. The predicted molar refractivity (Wildman–Crippen MR) is 125 cm³/mol. The number of rotatable bonds is 6. The second-order valence-corrected chi connectivity index (χ2v) is 8.48. The first-order chi connectivity index (χ1) is 15.4. The third kappa shape index (κ3) is 4.22. The topological polar surface area (TPSA) is 58.6 Å². The zero-order valence-electron chi connectivity index (χ0n) is 17.2. The molecule has 0 atom stereocenters. The second kappa shape index (κ2) is 9.06. The molecule has 3 aromatic rings. The van der Waals surface area contributed by atoms with Crippen LogP contribution in [0.2, 0.25) is 5.02 Å². The Morgan fingerprint density at radius 2 is 1.72 bits per heavy atom. The number of amides is 2. The van der Waals surface area contributed by atoms with Gasteiger partial charge in [0.05, 0.1) is 23.5 Å². The Morgan fingerprint density at radius 1 is 1.00 bits per heavy atom. The quantitative estimate of drug-likeness (QED) is 0.464. The molecule has 3 aromatic carbocycles. The Morgan fingerprint density at radius 3 is 2.41 bits per heavy atom. The summed E-state index contributed by atoms with van der Waals surface area (Å²) >= 11 is 7.07. The summed E-state index contributed by atoms with van der Waals surface area (Å²) in [5, 5.41) is 2.88. The summed E-state index contributed by atoms with van der Waals surface area (Å²) in [6.07, 6.45) is 0. The Kier molecular flexibility index (Phi) is 6.21. The zero-order valence-corrected chi connectivity index (χ0v) is 18.8. The van der Waals surface area contributed by atoms with Gasteiger partial charge in [-0.2, -0.15) is 0 Å². The molecular formula is C24H18ClFN2O3S. The highest BCUT2D eigenvalue weighted by molar-refractivity contribution is 8.04. The lowest BCUT2D eigenvalue weighted by Gasteiger charge is -2.16. The summed E-state index contributed by atoms with van der Waals surface area (Å²) < 4.78 is 19.0. The van der Waals surface area contributed by atoms with E-state index in [2.05, 4.69) is 5.32 Å². The number of halogens is 2. The van der Waals surface area contributed by atoms with Crippen molar-refractivity contribution in [3.63, 3.8) is 0 Å². The molecule has 162 valence electrons. The van der Waals surface area contributed by atoms with Gasteiger partial charge < -0.3 is 10.1 Å². The van der Waals surface area contributed by atoms with Gasteiger partial charge in [0.2, 0.25) is 0 Å². The van der Waals surface area contributed by atoms with Crippen LogP contribution in [0.4, 0.5) is 15.8 Å². The van der Waals surface area contributed by atoms with Gasteiger partial charge in [-0.1, -0.05) is 53.2 Å². The molecule has 0 spiro atoms. The van der Waals surface area contributed by atoms with E-state index in [0.717, 1.165) is 21.4 Å². The first-order valence-corrected chi connectivity index (χ1v) is 10.8. The number of carbonyl (C=O) groups is 2. The maximum Gasteiger partial charge on any atom is 0.283 e. The third-order valence-electron chi connectivity index (χ3n) is 4.81. The third-order valence-corrected chi connectivity index (χ3v) is 6.19. The first kappa shape index (κ1) is 21.9. The number of nitrogens with one attached hydrogen (secondary N) is 1. The van der Waals surface area contributed by atoms with E-state index in [4.69, 9.17) is 16.3 Å². The average molecular weight is 469 g/mol. The minimum absolute atomic E-state index is 0.102. The number of benzene rings is 3. The van der Waals surface area contributed by atoms with Crippen molar-refractivity contribution in [2.24, 2.45) is 0 Å². The van der Waals surface area contributed by atoms with E-state index in [1.54, 1.807) is 24.3 Å². The highest BCUT2D eigenvalue weighted by Crippen LogP contribution is 2.39. The molecule has 32 heavy (non-hydrogen) atoms. The molecule has 0 saturated heterocycles. The number of hydrogen-bond acceptors (Lipinski definition) is 5. The molecule has 0 aliphatic carbocycles. The fraction of sp³-hybridized carbons (Fsp3) is 0.0833. The van der Waals surface area contributed by atoms with Gasteiger partial charge in [0.15, 0.2) is 0 Å². The smallest absolute Gasteiger partial charge is 0.283 e. The predicted octanol–water partition coefficient (Wildman–Crippen LogP) is 5.79. The van der Waals surface area contributed by atoms with Crippen LogP contribution in [0.25, 0.3) is 0 Å². The van der Waals surface area contributed by atoms with E-state index in [9.17, 15) is 14.0 Å². The van der Waals surface area contributed by atoms with Crippen molar-refractivity contribution in [2.75, 3.05) is 17.3 Å². The first-order valence-electron chi connectivity index (χ1n) is 9.61. The van der Waals surface area contributed by atoms with Gasteiger partial charge in [-0.15, -0.1) is 0 Å². The number of carbonyl (C=O) groups excluding carboxylic acids is 2. The number of thioether (sulfide) groups is 1. The van der Waals surface area contributed by atoms with E-state index in [-0.39, 0.29) is 21.3 Å². The highest BCUT2D eigenvalue weighted by Gasteiger charge is 2.40. The number of methoxy groups -OCH3 is 1. The zero-order chi connectivity index (χ0) is 22.8. The van der Waals surface area contributed by atoms with E-state index in [1.807, 2.05) is 31.2 Å². The van der Waals surface area contributed by atoms with Crippen molar-refractivity contribution < 1.29 is 18.7 Å². The molecule has 8 heteroatoms. The minimum atomic E-state index is -0.635. The normalized spacial score (nSPS) is 13.7. The Balaban J connectivity index is 1.77. The number of nitrogens with zero attached hydrogens (tertiary/aromatic N) is 1. The van der Waals surface area contributed by atoms with Crippen LogP contribution < -0.4 is 15.0 Å². The van der Waals surface area contributed by atoms with Gasteiger partial charge in [-0.25, -0.2) is 9.29 Å². The maximum atomic E-state index is 13.7. The monoisotopic (exact) mass is 468 g/mol. The number of aryl methyl sites for hydroxylation is 1. The van der Waals surface area contributed by atoms with Crippen LogP contribution >= 0.6 is 23.4 Å². The number of imide groups is 1. The van der Waals surface area contributed by atoms with Crippen molar-refractivity contribution >= 4 is 46.6 Å². The molecule has 0 saturated carbocycles. The van der Waals surface area contributed by atoms with E-state index < -0.39 is 17.6 Å². The molecule has 5 nitrogen and oxygen atoms in total. The number of anilines is 2. The van der Waals surface area contributed by atoms with Gasteiger partial charge in [0.1, 0.15) is 22.2 Å². The molecule has 1 N–H and O–H groups in total. The second-order valence-electron chi connectivity index (χ2n) is 6.99. The molecule has 0 radical (unpaired) electrons. The standard InChI is InChI=1S/C24H18ClFN2O3S/c1-14-7-10-16(11-8-14)32-22-21(27-19-5-3-4-6-20(19)31-2)23(29)28(24(22)30)15-9-12-18(26)17(25)13-15/h3-13,27H,1-2H3. The summed E-state index contributed by atoms with van der Waals surface area (Å²) in [6, 6.07) is 18.4. The molecule has 0 fully saturated rings. The van der Waals surface area contributed by atoms with Crippen LogP contribution in [0.3, 0.4) is 0 Å². The van der Waals surface area contributed by atoms with Gasteiger partial charge in [0, 0.05) is 4.90 Å². The molecule has 0 aromatic heterocycles. The molecule has 1 aliphatic rings. The molecule has 0 bridgehead atoms. The van der Waals surface area contributed by atoms with Crippen molar-refractivity contribution in [1.82, 2.24) is 0 Å². The Hall–Kier alpha value is -3.29. The number of ether oxygens (including phenoxy) is 1. The molecule has 1 aliphatic heterocycles. The fourth-order valence-electron chi connectivity index (χ4n) is 3.18. The van der Waals surface area contributed by atoms with E-state index >= 15 is 0 Å². The maximum absolute atomic E-state index is 13.7. The molecule has 0 unspecified atom stereocenters. The molecule has 4 rings (SSSR count). The van der Waals surface area contributed by atoms with E-state index in [1.165, 1.54) is 31.0 Å². The lowest BCUT2D eigenvalue weighted by molar-refractivity contribution is -0.120. The summed E-state index contributed by atoms with van der Waals surface area (Å²) in [4.78, 5) is 28.7. The number of para-hydroxylation sites is 2. The highest BCUT2D eigenvalue weighted by atomic mass is 35.5. The van der Waals surface area contributed by atoms with Gasteiger partial charge in [0.25, 0.3) is 11.8 Å². The Bertz CT molecular complexity index is 1240. The number of hydrogen-bond donors (Lipinski definition) is 1. The largest absolute Gasteiger partial charge is 0.495 e. The summed E-state index contributed by atoms with van der Waals surface area (Å²) in [5.41, 5.74) is 1.90. The van der Waals surface area contributed by atoms with Crippen LogP contribution in [0, 0.1) is 12.7 Å². The van der Waals surface area contributed by atoms with Gasteiger partial charge >= 0.3 is 0 Å². The van der Waals surface area contributed by atoms with Crippen LogP contribution in [0.5, 0.6) is 5.75 Å². The molecule has 1 heterocycles. The van der Waals surface area contributed by atoms with E-state index in [0.29, 0.717) is 11.4 Å². The fourth-order valence-corrected chi connectivity index (χ4v) is 4.28. The van der Waals surface area contributed by atoms with Crippen molar-refractivity contribution in [2.45, 2.75) is 11.8 Å². The molecule has 2 amide bonds. The minimum Gasteiger partial charge on any atom is -0.495 e. The molecular weight excluding hydrogens is 451 g/mol. The SMILES string of the molecule is COc1ccccc1NC1=C(Sc2ccc(C)cc2)C(=O)N(c2ccc(F)c(Cl)c2)C1=O. The van der Waals surface area contributed by atoms with Crippen molar-refractivity contribution in [3.05, 3.63) is 93.7 Å². The van der Waals surface area contributed by atoms with Gasteiger partial charge in [-0.05, 0) is 49.4 Å². The summed E-state index contributed by atoms with van der Waals surface area (Å²) in [6.45, 7) is 1.96. The van der Waals surface area contributed by atoms with Crippen molar-refractivity contribution in [1.29, 1.82) is 0 Å². The van der Waals surface area contributed by atoms with Gasteiger partial charge in [-0.3, -0.25) is 9.59 Å². The van der Waals surface area contributed by atoms with Crippen LogP contribution in [-0.4, -0.2) is 18.9 Å². The Labute approximate surface area is 193 Å². The average Bonchev–Trinajstić information content (AvgIpc) is 3.01. The lowest BCUT2D eigenvalue weighted by atomic mass is 10.2. The van der Waals surface area contributed by atoms with Crippen molar-refractivity contribution in [3.8, 4) is 5.75 Å². The lowest BCUT2D eigenvalue weighted by Crippen LogP contribution is -2.32. The summed E-state index contributed by atoms with van der Waals surface area (Å²) in [5.74, 6) is -1.22. The van der Waals surface area contributed by atoms with Crippen LogP contribution in [0.1, 0.15) is 5.56 Å². The van der Waals surface area contributed by atoms with Crippen LogP contribution in [0.15, 0.2) is 82.2 Å².